The minimum Gasteiger partial charge on any atom is -0.481 e. The van der Waals surface area contributed by atoms with Gasteiger partial charge in [0.15, 0.2) is 9.84 Å². The molecule has 0 aliphatic heterocycles. The molecule has 1 aliphatic rings. The minimum atomic E-state index is -3.51. The van der Waals surface area contributed by atoms with E-state index in [1.165, 1.54) is 14.0 Å². The maximum atomic E-state index is 12.3. The van der Waals surface area contributed by atoms with Crippen molar-refractivity contribution < 1.29 is 23.1 Å². The Labute approximate surface area is 128 Å². The number of aliphatic carboxylic acids is 1. The highest BCUT2D eigenvalue weighted by atomic mass is 35.5. The lowest BCUT2D eigenvalue weighted by molar-refractivity contribution is -0.145. The van der Waals surface area contributed by atoms with Crippen LogP contribution in [0.5, 0.6) is 0 Å². The van der Waals surface area contributed by atoms with Gasteiger partial charge in [0.2, 0.25) is 0 Å². The molecule has 0 spiro atoms. The van der Waals surface area contributed by atoms with Gasteiger partial charge >= 0.3 is 5.97 Å². The number of sulfone groups is 1. The fourth-order valence-electron chi connectivity index (χ4n) is 3.01. The van der Waals surface area contributed by atoms with Crippen molar-refractivity contribution in [2.24, 2.45) is 5.41 Å². The number of rotatable bonds is 6. The van der Waals surface area contributed by atoms with Crippen LogP contribution < -0.4 is 0 Å². The number of methoxy groups -OCH3 is 1. The van der Waals surface area contributed by atoms with Gasteiger partial charge in [-0.3, -0.25) is 4.79 Å². The average molecular weight is 333 g/mol. The van der Waals surface area contributed by atoms with E-state index in [1.54, 1.807) is 24.3 Å². The van der Waals surface area contributed by atoms with E-state index in [4.69, 9.17) is 16.3 Å². The number of carbonyl (C=O) groups is 1. The molecule has 1 saturated carbocycles. The molecule has 0 radical (unpaired) electrons. The highest BCUT2D eigenvalue weighted by molar-refractivity contribution is 7.92. The lowest BCUT2D eigenvalue weighted by Crippen LogP contribution is -2.29. The normalized spacial score (nSPS) is 28.3. The van der Waals surface area contributed by atoms with Crippen LogP contribution in [0.4, 0.5) is 0 Å². The highest BCUT2D eigenvalue weighted by Gasteiger charge is 2.75. The van der Waals surface area contributed by atoms with E-state index in [0.29, 0.717) is 10.6 Å². The molecule has 7 heteroatoms. The Morgan fingerprint density at radius 2 is 2.14 bits per heavy atom. The average Bonchev–Trinajstić information content (AvgIpc) is 3.10. The molecule has 0 heterocycles. The van der Waals surface area contributed by atoms with E-state index in [9.17, 15) is 18.3 Å². The third-order valence-corrected chi connectivity index (χ3v) is 6.54. The van der Waals surface area contributed by atoms with Gasteiger partial charge in [0.25, 0.3) is 0 Å². The highest BCUT2D eigenvalue weighted by Crippen LogP contribution is 2.63. The van der Waals surface area contributed by atoms with Crippen molar-refractivity contribution in [3.05, 3.63) is 34.9 Å². The second-order valence-electron chi connectivity index (χ2n) is 5.18. The number of hydrogen-bond acceptors (Lipinski definition) is 4. The van der Waals surface area contributed by atoms with E-state index in [1.807, 2.05) is 0 Å². The zero-order chi connectivity index (χ0) is 15.8. The number of carboxylic acids is 1. The Balaban J connectivity index is 2.54. The standard InChI is InChI=1S/C14H17ClO5S/c1-3-21(18,19)12-11(9-5-4-6-10(15)7-9)14(12,8-20-2)13(16)17/h4-7,11-12H,3,8H2,1-2H3,(H,16,17)/t11-,12-,14-/m1/s1. The summed E-state index contributed by atoms with van der Waals surface area (Å²) >= 11 is 5.93. The van der Waals surface area contributed by atoms with Crippen molar-refractivity contribution in [2.45, 2.75) is 18.1 Å². The van der Waals surface area contributed by atoms with Gasteiger partial charge in [-0.2, -0.15) is 0 Å². The van der Waals surface area contributed by atoms with Crippen molar-refractivity contribution in [3.63, 3.8) is 0 Å². The summed E-state index contributed by atoms with van der Waals surface area (Å²) in [6.45, 7) is 1.37. The van der Waals surface area contributed by atoms with Crippen molar-refractivity contribution in [2.75, 3.05) is 19.5 Å². The summed E-state index contributed by atoms with van der Waals surface area (Å²) in [6, 6.07) is 6.67. The van der Waals surface area contributed by atoms with Crippen LogP contribution in [0.2, 0.25) is 5.02 Å². The van der Waals surface area contributed by atoms with Gasteiger partial charge in [0, 0.05) is 23.8 Å². The molecule has 2 rings (SSSR count). The fourth-order valence-corrected chi connectivity index (χ4v) is 5.26. The van der Waals surface area contributed by atoms with Gasteiger partial charge in [-0.05, 0) is 17.7 Å². The summed E-state index contributed by atoms with van der Waals surface area (Å²) in [7, 11) is -2.15. The Hall–Kier alpha value is -1.11. The number of benzene rings is 1. The first-order valence-electron chi connectivity index (χ1n) is 6.50. The molecular weight excluding hydrogens is 316 g/mol. The Morgan fingerprint density at radius 1 is 1.48 bits per heavy atom. The van der Waals surface area contributed by atoms with Crippen molar-refractivity contribution in [3.8, 4) is 0 Å². The van der Waals surface area contributed by atoms with Crippen LogP contribution in [-0.4, -0.2) is 44.2 Å². The molecule has 21 heavy (non-hydrogen) atoms. The van der Waals surface area contributed by atoms with E-state index in [2.05, 4.69) is 0 Å². The molecule has 1 N–H and O–H groups in total. The Kier molecular flexibility index (Phi) is 4.33. The Bertz CT molecular complexity index is 657. The zero-order valence-corrected chi connectivity index (χ0v) is 13.3. The van der Waals surface area contributed by atoms with Crippen LogP contribution in [0.1, 0.15) is 18.4 Å². The number of carboxylic acid groups (broad SMARTS) is 1. The van der Waals surface area contributed by atoms with Crippen LogP contribution in [0.15, 0.2) is 24.3 Å². The third-order valence-electron chi connectivity index (χ3n) is 4.03. The van der Waals surface area contributed by atoms with Gasteiger partial charge in [0.05, 0.1) is 11.9 Å². The van der Waals surface area contributed by atoms with Crippen molar-refractivity contribution >= 4 is 27.4 Å². The number of ether oxygens (including phenoxy) is 1. The van der Waals surface area contributed by atoms with Crippen LogP contribution in [-0.2, 0) is 19.4 Å². The van der Waals surface area contributed by atoms with Gasteiger partial charge in [0.1, 0.15) is 5.41 Å². The van der Waals surface area contributed by atoms with Gasteiger partial charge in [-0.15, -0.1) is 0 Å². The molecule has 1 aliphatic carbocycles. The summed E-state index contributed by atoms with van der Waals surface area (Å²) in [4.78, 5) is 11.7. The Morgan fingerprint density at radius 3 is 2.62 bits per heavy atom. The first-order valence-corrected chi connectivity index (χ1v) is 8.60. The van der Waals surface area contributed by atoms with E-state index >= 15 is 0 Å². The lowest BCUT2D eigenvalue weighted by atomic mass is 10.00. The lowest BCUT2D eigenvalue weighted by Gasteiger charge is -2.11. The molecule has 3 atom stereocenters. The maximum Gasteiger partial charge on any atom is 0.314 e. The third kappa shape index (κ3) is 2.56. The van der Waals surface area contributed by atoms with Crippen molar-refractivity contribution in [1.29, 1.82) is 0 Å². The molecule has 1 aromatic carbocycles. The van der Waals surface area contributed by atoms with Crippen LogP contribution in [0.3, 0.4) is 0 Å². The quantitative estimate of drug-likeness (QED) is 0.861. The molecular formula is C14H17ClO5S. The molecule has 116 valence electrons. The summed E-state index contributed by atoms with van der Waals surface area (Å²) in [5.74, 6) is -1.90. The second-order valence-corrected chi connectivity index (χ2v) is 8.03. The molecule has 0 bridgehead atoms. The molecule has 0 unspecified atom stereocenters. The van der Waals surface area contributed by atoms with Crippen LogP contribution in [0, 0.1) is 5.41 Å². The molecule has 0 saturated heterocycles. The molecule has 1 aromatic rings. The van der Waals surface area contributed by atoms with Gasteiger partial charge in [-0.1, -0.05) is 30.7 Å². The summed E-state index contributed by atoms with van der Waals surface area (Å²) in [6.07, 6.45) is 0. The molecule has 0 amide bonds. The number of halogens is 1. The predicted molar refractivity (Wildman–Crippen MR) is 79.4 cm³/mol. The summed E-state index contributed by atoms with van der Waals surface area (Å²) in [5, 5.41) is 9.06. The largest absolute Gasteiger partial charge is 0.481 e. The maximum absolute atomic E-state index is 12.3. The first-order chi connectivity index (χ1) is 9.81. The molecule has 1 fully saturated rings. The van der Waals surface area contributed by atoms with Gasteiger partial charge in [-0.25, -0.2) is 8.42 Å². The first kappa shape index (κ1) is 16.3. The van der Waals surface area contributed by atoms with Crippen LogP contribution >= 0.6 is 11.6 Å². The molecule has 5 nitrogen and oxygen atoms in total. The van der Waals surface area contributed by atoms with E-state index < -0.39 is 32.4 Å². The smallest absolute Gasteiger partial charge is 0.314 e. The summed E-state index contributed by atoms with van der Waals surface area (Å²) in [5.41, 5.74) is -0.821. The minimum absolute atomic E-state index is 0.104. The van der Waals surface area contributed by atoms with Crippen LogP contribution in [0.25, 0.3) is 0 Å². The monoisotopic (exact) mass is 332 g/mol. The fraction of sp³-hybridized carbons (Fsp3) is 0.500. The predicted octanol–water partition coefficient (Wildman–Crippen LogP) is 1.96. The van der Waals surface area contributed by atoms with Gasteiger partial charge < -0.3 is 9.84 Å². The SMILES string of the molecule is CCS(=O)(=O)[C@@H]1[C@@H](c2cccc(Cl)c2)[C@@]1(COC)C(=O)O. The number of hydrogen-bond donors (Lipinski definition) is 1. The topological polar surface area (TPSA) is 80.7 Å². The van der Waals surface area contributed by atoms with Crippen molar-refractivity contribution in [1.82, 2.24) is 0 Å². The van der Waals surface area contributed by atoms with E-state index in [-0.39, 0.29) is 12.4 Å². The zero-order valence-electron chi connectivity index (χ0n) is 11.7. The summed E-state index contributed by atoms with van der Waals surface area (Å²) < 4.78 is 29.6. The van der Waals surface area contributed by atoms with E-state index in [0.717, 1.165) is 0 Å². The second kappa shape index (κ2) is 5.59. The molecule has 0 aromatic heterocycles.